The third-order valence-corrected chi connectivity index (χ3v) is 4.00. The van der Waals surface area contributed by atoms with Crippen LogP contribution in [0.2, 0.25) is 0 Å². The van der Waals surface area contributed by atoms with Gasteiger partial charge in [-0.2, -0.15) is 0 Å². The van der Waals surface area contributed by atoms with Gasteiger partial charge >= 0.3 is 0 Å². The Labute approximate surface area is 103 Å². The maximum Gasteiger partial charge on any atom is 0.0946 e. The Balaban J connectivity index is 1.41. The summed E-state index contributed by atoms with van der Waals surface area (Å²) >= 11 is 0. The Morgan fingerprint density at radius 1 is 1.41 bits per heavy atom. The summed E-state index contributed by atoms with van der Waals surface area (Å²) in [5.74, 6) is 0. The highest BCUT2D eigenvalue weighted by atomic mass is 15.3. The number of aromatic nitrogens is 2. The average molecular weight is 234 g/mol. The molecule has 1 N–H and O–H groups in total. The lowest BCUT2D eigenvalue weighted by atomic mass is 10.2. The molecule has 4 heteroatoms. The number of imidazole rings is 1. The van der Waals surface area contributed by atoms with E-state index in [0.29, 0.717) is 6.04 Å². The van der Waals surface area contributed by atoms with Crippen LogP contribution < -0.4 is 5.32 Å². The summed E-state index contributed by atoms with van der Waals surface area (Å²) in [5.41, 5.74) is 0. The van der Waals surface area contributed by atoms with E-state index in [-0.39, 0.29) is 0 Å². The Morgan fingerprint density at radius 2 is 2.29 bits per heavy atom. The number of hydrogen-bond acceptors (Lipinski definition) is 3. The molecule has 0 aromatic carbocycles. The first-order valence-electron chi connectivity index (χ1n) is 6.78. The van der Waals surface area contributed by atoms with E-state index in [4.69, 9.17) is 0 Å². The van der Waals surface area contributed by atoms with Crippen molar-refractivity contribution < 1.29 is 0 Å². The summed E-state index contributed by atoms with van der Waals surface area (Å²) in [7, 11) is 0. The van der Waals surface area contributed by atoms with Crippen LogP contribution in [0.4, 0.5) is 0 Å². The molecule has 2 aliphatic rings. The van der Waals surface area contributed by atoms with E-state index < -0.39 is 0 Å². The van der Waals surface area contributed by atoms with Gasteiger partial charge in [0.05, 0.1) is 6.33 Å². The topological polar surface area (TPSA) is 33.1 Å². The second-order valence-electron chi connectivity index (χ2n) is 5.46. The molecule has 94 valence electrons. The van der Waals surface area contributed by atoms with Crippen molar-refractivity contribution in [2.24, 2.45) is 0 Å². The molecule has 1 saturated carbocycles. The minimum Gasteiger partial charge on any atom is -0.336 e. The van der Waals surface area contributed by atoms with Gasteiger partial charge in [0, 0.05) is 50.2 Å². The van der Waals surface area contributed by atoms with Crippen molar-refractivity contribution in [2.45, 2.75) is 50.9 Å². The third kappa shape index (κ3) is 2.69. The van der Waals surface area contributed by atoms with Gasteiger partial charge in [-0.25, -0.2) is 4.98 Å². The number of hydrogen-bond donors (Lipinski definition) is 1. The van der Waals surface area contributed by atoms with Gasteiger partial charge in [0.2, 0.25) is 0 Å². The molecule has 1 aliphatic heterocycles. The molecule has 1 aliphatic carbocycles. The number of nitrogens with zero attached hydrogens (tertiary/aromatic N) is 3. The van der Waals surface area contributed by atoms with Crippen LogP contribution in [0.15, 0.2) is 18.7 Å². The van der Waals surface area contributed by atoms with Crippen molar-refractivity contribution in [3.63, 3.8) is 0 Å². The molecule has 1 aromatic heterocycles. The molecule has 17 heavy (non-hydrogen) atoms. The monoisotopic (exact) mass is 234 g/mol. The Kier molecular flexibility index (Phi) is 3.16. The van der Waals surface area contributed by atoms with Gasteiger partial charge in [-0.15, -0.1) is 0 Å². The number of likely N-dealkylation sites (tertiary alicyclic amines) is 1. The van der Waals surface area contributed by atoms with Crippen molar-refractivity contribution >= 4 is 0 Å². The van der Waals surface area contributed by atoms with Crippen LogP contribution in [0.3, 0.4) is 0 Å². The van der Waals surface area contributed by atoms with E-state index in [1.165, 1.54) is 25.8 Å². The SMILES string of the molecule is CC1CC(NCCn2ccnc2)CN1C1CC1. The van der Waals surface area contributed by atoms with Crippen LogP contribution in [0.5, 0.6) is 0 Å². The van der Waals surface area contributed by atoms with Gasteiger partial charge in [-0.3, -0.25) is 4.90 Å². The highest BCUT2D eigenvalue weighted by Crippen LogP contribution is 2.33. The molecular formula is C13H22N4. The van der Waals surface area contributed by atoms with E-state index in [1.54, 1.807) is 0 Å². The summed E-state index contributed by atoms with van der Waals surface area (Å²) in [6, 6.07) is 2.37. The molecule has 2 heterocycles. The lowest BCUT2D eigenvalue weighted by Crippen LogP contribution is -2.35. The predicted octanol–water partition coefficient (Wildman–Crippen LogP) is 1.10. The fourth-order valence-corrected chi connectivity index (χ4v) is 2.94. The van der Waals surface area contributed by atoms with E-state index >= 15 is 0 Å². The highest BCUT2D eigenvalue weighted by molar-refractivity contribution is 4.95. The summed E-state index contributed by atoms with van der Waals surface area (Å²) < 4.78 is 2.13. The first-order valence-corrected chi connectivity index (χ1v) is 6.78. The van der Waals surface area contributed by atoms with Gasteiger partial charge in [0.1, 0.15) is 0 Å². The highest BCUT2D eigenvalue weighted by Gasteiger charge is 2.38. The van der Waals surface area contributed by atoms with Gasteiger partial charge < -0.3 is 9.88 Å². The molecule has 0 radical (unpaired) electrons. The predicted molar refractivity (Wildman–Crippen MR) is 67.8 cm³/mol. The zero-order valence-electron chi connectivity index (χ0n) is 10.5. The van der Waals surface area contributed by atoms with E-state index in [9.17, 15) is 0 Å². The van der Waals surface area contributed by atoms with Crippen LogP contribution in [0, 0.1) is 0 Å². The molecule has 1 aromatic rings. The molecule has 2 atom stereocenters. The lowest BCUT2D eigenvalue weighted by molar-refractivity contribution is 0.255. The molecule has 0 bridgehead atoms. The van der Waals surface area contributed by atoms with Crippen LogP contribution in [0.1, 0.15) is 26.2 Å². The van der Waals surface area contributed by atoms with Crippen molar-refractivity contribution in [1.82, 2.24) is 19.8 Å². The van der Waals surface area contributed by atoms with Crippen LogP contribution in [-0.4, -0.2) is 45.7 Å². The third-order valence-electron chi connectivity index (χ3n) is 4.00. The maximum atomic E-state index is 4.06. The quantitative estimate of drug-likeness (QED) is 0.828. The van der Waals surface area contributed by atoms with Crippen molar-refractivity contribution in [1.29, 1.82) is 0 Å². The first kappa shape index (κ1) is 11.2. The zero-order valence-corrected chi connectivity index (χ0v) is 10.5. The summed E-state index contributed by atoms with van der Waals surface area (Å²) in [4.78, 5) is 6.74. The van der Waals surface area contributed by atoms with Gasteiger partial charge in [-0.1, -0.05) is 0 Å². The molecule has 1 saturated heterocycles. The normalized spacial score (nSPS) is 29.9. The second-order valence-corrected chi connectivity index (χ2v) is 5.46. The first-order chi connectivity index (χ1) is 8.33. The lowest BCUT2D eigenvalue weighted by Gasteiger charge is -2.19. The van der Waals surface area contributed by atoms with Gasteiger partial charge in [0.25, 0.3) is 0 Å². The molecule has 4 nitrogen and oxygen atoms in total. The minimum atomic E-state index is 0.689. The molecular weight excluding hydrogens is 212 g/mol. The van der Waals surface area contributed by atoms with E-state index in [0.717, 1.165) is 25.2 Å². The van der Waals surface area contributed by atoms with Crippen molar-refractivity contribution in [2.75, 3.05) is 13.1 Å². The minimum absolute atomic E-state index is 0.689. The molecule has 0 amide bonds. The number of rotatable bonds is 5. The Morgan fingerprint density at radius 3 is 3.00 bits per heavy atom. The van der Waals surface area contributed by atoms with Crippen molar-refractivity contribution in [3.05, 3.63) is 18.7 Å². The Hall–Kier alpha value is -0.870. The summed E-state index contributed by atoms with van der Waals surface area (Å²) in [5, 5.41) is 3.67. The second kappa shape index (κ2) is 4.78. The fraction of sp³-hybridized carbons (Fsp3) is 0.769. The summed E-state index contributed by atoms with van der Waals surface area (Å²) in [6.45, 7) is 5.69. The molecule has 2 fully saturated rings. The Bertz CT molecular complexity index is 344. The van der Waals surface area contributed by atoms with Gasteiger partial charge in [-0.05, 0) is 26.2 Å². The molecule has 2 unspecified atom stereocenters. The standard InChI is InChI=1S/C13H22N4/c1-11-8-12(9-17(11)13-2-3-13)15-5-7-16-6-4-14-10-16/h4,6,10-13,15H,2-3,5,7-9H2,1H3. The maximum absolute atomic E-state index is 4.06. The largest absolute Gasteiger partial charge is 0.336 e. The molecule has 3 rings (SSSR count). The van der Waals surface area contributed by atoms with Gasteiger partial charge in [0.15, 0.2) is 0 Å². The number of nitrogens with one attached hydrogen (secondary N) is 1. The van der Waals surface area contributed by atoms with Crippen LogP contribution in [-0.2, 0) is 6.54 Å². The molecule has 0 spiro atoms. The van der Waals surface area contributed by atoms with Crippen LogP contribution in [0.25, 0.3) is 0 Å². The average Bonchev–Trinajstić information content (AvgIpc) is 2.89. The van der Waals surface area contributed by atoms with E-state index in [1.807, 2.05) is 18.7 Å². The summed E-state index contributed by atoms with van der Waals surface area (Å²) in [6.07, 6.45) is 9.90. The zero-order chi connectivity index (χ0) is 11.7. The van der Waals surface area contributed by atoms with E-state index in [2.05, 4.69) is 26.7 Å². The fourth-order valence-electron chi connectivity index (χ4n) is 2.94. The van der Waals surface area contributed by atoms with Crippen LogP contribution >= 0.6 is 0 Å². The van der Waals surface area contributed by atoms with Crippen molar-refractivity contribution in [3.8, 4) is 0 Å². The smallest absolute Gasteiger partial charge is 0.0946 e.